The summed E-state index contributed by atoms with van der Waals surface area (Å²) < 4.78 is 0. The number of rotatable bonds is 5. The highest BCUT2D eigenvalue weighted by Crippen LogP contribution is 2.30. The van der Waals surface area contributed by atoms with Crippen molar-refractivity contribution in [1.82, 2.24) is 10.2 Å². The second-order valence-electron chi connectivity index (χ2n) is 7.00. The van der Waals surface area contributed by atoms with E-state index in [1.165, 1.54) is 6.42 Å². The van der Waals surface area contributed by atoms with E-state index in [0.717, 1.165) is 31.2 Å². The molecule has 1 N–H and O–H groups in total. The van der Waals surface area contributed by atoms with Gasteiger partial charge in [-0.3, -0.25) is 9.59 Å². The molecule has 25 heavy (non-hydrogen) atoms. The summed E-state index contributed by atoms with van der Waals surface area (Å²) in [6, 6.07) is 5.41. The van der Waals surface area contributed by atoms with Crippen molar-refractivity contribution in [3.8, 4) is 0 Å². The molecule has 1 aliphatic heterocycles. The van der Waals surface area contributed by atoms with Crippen LogP contribution >= 0.6 is 23.2 Å². The molecule has 1 aliphatic carbocycles. The molecular weight excluding hydrogens is 359 g/mol. The van der Waals surface area contributed by atoms with Crippen molar-refractivity contribution in [3.63, 3.8) is 0 Å². The zero-order valence-electron chi connectivity index (χ0n) is 14.3. The molecule has 0 aromatic heterocycles. The van der Waals surface area contributed by atoms with Gasteiger partial charge >= 0.3 is 0 Å². The van der Waals surface area contributed by atoms with Crippen molar-refractivity contribution in [2.45, 2.75) is 38.5 Å². The van der Waals surface area contributed by atoms with Crippen LogP contribution in [0.2, 0.25) is 10.0 Å². The molecule has 0 bridgehead atoms. The normalized spacial score (nSPS) is 18.7. The first-order valence-electron chi connectivity index (χ1n) is 9.05. The Morgan fingerprint density at radius 1 is 1.08 bits per heavy atom. The van der Waals surface area contributed by atoms with Gasteiger partial charge in [-0.25, -0.2) is 0 Å². The summed E-state index contributed by atoms with van der Waals surface area (Å²) in [4.78, 5) is 26.5. The number of nitrogens with one attached hydrogen (secondary N) is 1. The van der Waals surface area contributed by atoms with Gasteiger partial charge in [0.15, 0.2) is 0 Å². The van der Waals surface area contributed by atoms with E-state index in [2.05, 4.69) is 5.32 Å². The number of nitrogens with zero attached hydrogens (tertiary/aromatic N) is 1. The van der Waals surface area contributed by atoms with Gasteiger partial charge in [-0.1, -0.05) is 35.7 Å². The van der Waals surface area contributed by atoms with E-state index in [1.807, 2.05) is 11.0 Å². The van der Waals surface area contributed by atoms with Gasteiger partial charge in [0.1, 0.15) is 0 Å². The maximum Gasteiger partial charge on any atom is 0.225 e. The maximum atomic E-state index is 12.3. The fraction of sp³-hybridized carbons (Fsp3) is 0.579. The van der Waals surface area contributed by atoms with Crippen molar-refractivity contribution in [2.24, 2.45) is 11.8 Å². The van der Waals surface area contributed by atoms with Gasteiger partial charge in [0.25, 0.3) is 0 Å². The Morgan fingerprint density at radius 3 is 2.40 bits per heavy atom. The number of amides is 2. The SMILES string of the molecule is O=C(NCCc1ccc(Cl)cc1Cl)C1CCN(C(=O)C2CCC2)CC1. The third-order valence-electron chi connectivity index (χ3n) is 5.34. The van der Waals surface area contributed by atoms with E-state index < -0.39 is 0 Å². The lowest BCUT2D eigenvalue weighted by Gasteiger charge is -2.36. The van der Waals surface area contributed by atoms with Gasteiger partial charge in [0.2, 0.25) is 11.8 Å². The Morgan fingerprint density at radius 2 is 1.80 bits per heavy atom. The highest BCUT2D eigenvalue weighted by atomic mass is 35.5. The second kappa shape index (κ2) is 8.41. The average Bonchev–Trinajstić information content (AvgIpc) is 2.55. The molecule has 1 aromatic carbocycles. The van der Waals surface area contributed by atoms with Crippen LogP contribution in [-0.4, -0.2) is 36.3 Å². The molecule has 2 aliphatic rings. The summed E-state index contributed by atoms with van der Waals surface area (Å²) in [7, 11) is 0. The number of carbonyl (C=O) groups is 2. The Hall–Kier alpha value is -1.26. The summed E-state index contributed by atoms with van der Waals surface area (Å²) in [6.45, 7) is 1.97. The molecule has 0 spiro atoms. The van der Waals surface area contributed by atoms with E-state index in [0.29, 0.717) is 42.0 Å². The lowest BCUT2D eigenvalue weighted by molar-refractivity contribution is -0.141. The molecule has 0 radical (unpaired) electrons. The second-order valence-corrected chi connectivity index (χ2v) is 7.85. The van der Waals surface area contributed by atoms with Crippen LogP contribution in [0.15, 0.2) is 18.2 Å². The summed E-state index contributed by atoms with van der Waals surface area (Å²) in [6.07, 6.45) is 5.44. The third-order valence-corrected chi connectivity index (χ3v) is 5.93. The third kappa shape index (κ3) is 4.68. The molecule has 3 rings (SSSR count). The summed E-state index contributed by atoms with van der Waals surface area (Å²) in [5.74, 6) is 0.629. The number of hydrogen-bond acceptors (Lipinski definition) is 2. The first kappa shape index (κ1) is 18.5. The van der Waals surface area contributed by atoms with Crippen molar-refractivity contribution in [1.29, 1.82) is 0 Å². The number of carbonyl (C=O) groups excluding carboxylic acids is 2. The van der Waals surface area contributed by atoms with Gasteiger partial charge in [-0.15, -0.1) is 0 Å². The van der Waals surface area contributed by atoms with Crippen LogP contribution in [0.4, 0.5) is 0 Å². The first-order valence-corrected chi connectivity index (χ1v) is 9.80. The first-order chi connectivity index (χ1) is 12.0. The molecular formula is C19H24Cl2N2O2. The molecule has 4 nitrogen and oxygen atoms in total. The number of benzene rings is 1. The minimum atomic E-state index is 0.00568. The summed E-state index contributed by atoms with van der Waals surface area (Å²) in [5, 5.41) is 4.24. The molecule has 1 heterocycles. The van der Waals surface area contributed by atoms with E-state index in [9.17, 15) is 9.59 Å². The predicted molar refractivity (Wildman–Crippen MR) is 99.8 cm³/mol. The molecule has 6 heteroatoms. The number of piperidine rings is 1. The number of hydrogen-bond donors (Lipinski definition) is 1. The Bertz CT molecular complexity index is 638. The van der Waals surface area contributed by atoms with Crippen LogP contribution in [0.5, 0.6) is 0 Å². The summed E-state index contributed by atoms with van der Waals surface area (Å²) >= 11 is 12.0. The summed E-state index contributed by atoms with van der Waals surface area (Å²) in [5.41, 5.74) is 0.979. The number of likely N-dealkylation sites (tertiary alicyclic amines) is 1. The Labute approximate surface area is 158 Å². The van der Waals surface area contributed by atoms with Crippen LogP contribution in [0.3, 0.4) is 0 Å². The standard InChI is InChI=1S/C19H24Cl2N2O2/c20-16-5-4-13(17(21)12-16)6-9-22-18(24)14-7-10-23(11-8-14)19(25)15-2-1-3-15/h4-5,12,14-15H,1-3,6-11H2,(H,22,24). The van der Waals surface area contributed by atoms with Gasteiger partial charge < -0.3 is 10.2 Å². The van der Waals surface area contributed by atoms with Crippen molar-refractivity contribution in [3.05, 3.63) is 33.8 Å². The van der Waals surface area contributed by atoms with Gasteiger partial charge in [0.05, 0.1) is 0 Å². The van der Waals surface area contributed by atoms with Crippen molar-refractivity contribution >= 4 is 35.0 Å². The lowest BCUT2D eigenvalue weighted by atomic mass is 9.83. The van der Waals surface area contributed by atoms with Crippen LogP contribution in [0.25, 0.3) is 0 Å². The largest absolute Gasteiger partial charge is 0.356 e. The van der Waals surface area contributed by atoms with Crippen molar-refractivity contribution < 1.29 is 9.59 Å². The van der Waals surface area contributed by atoms with Crippen molar-refractivity contribution in [2.75, 3.05) is 19.6 Å². The van der Waals surface area contributed by atoms with E-state index in [1.54, 1.807) is 12.1 Å². The average molecular weight is 383 g/mol. The van der Waals surface area contributed by atoms with E-state index in [4.69, 9.17) is 23.2 Å². The topological polar surface area (TPSA) is 49.4 Å². The fourth-order valence-electron chi connectivity index (χ4n) is 3.46. The maximum absolute atomic E-state index is 12.3. The fourth-order valence-corrected chi connectivity index (χ4v) is 3.97. The predicted octanol–water partition coefficient (Wildman–Crippen LogP) is 3.69. The minimum absolute atomic E-state index is 0.00568. The highest BCUT2D eigenvalue weighted by molar-refractivity contribution is 6.35. The quantitative estimate of drug-likeness (QED) is 0.843. The molecule has 136 valence electrons. The van der Waals surface area contributed by atoms with Gasteiger partial charge in [0, 0.05) is 41.5 Å². The molecule has 2 amide bonds. The van der Waals surface area contributed by atoms with Crippen LogP contribution in [0, 0.1) is 11.8 Å². The molecule has 1 saturated carbocycles. The zero-order valence-corrected chi connectivity index (χ0v) is 15.8. The number of halogens is 2. The van der Waals surface area contributed by atoms with Crippen LogP contribution in [0.1, 0.15) is 37.7 Å². The monoisotopic (exact) mass is 382 g/mol. The van der Waals surface area contributed by atoms with Gasteiger partial charge in [-0.05, 0) is 49.8 Å². The molecule has 1 aromatic rings. The molecule has 1 saturated heterocycles. The molecule has 0 atom stereocenters. The van der Waals surface area contributed by atoms with E-state index in [-0.39, 0.29) is 17.7 Å². The molecule has 2 fully saturated rings. The highest BCUT2D eigenvalue weighted by Gasteiger charge is 2.33. The molecule has 0 unspecified atom stereocenters. The van der Waals surface area contributed by atoms with Crippen LogP contribution in [-0.2, 0) is 16.0 Å². The van der Waals surface area contributed by atoms with Gasteiger partial charge in [-0.2, -0.15) is 0 Å². The Balaban J connectivity index is 1.39. The Kier molecular flexibility index (Phi) is 6.24. The van der Waals surface area contributed by atoms with Crippen LogP contribution < -0.4 is 5.32 Å². The lowest BCUT2D eigenvalue weighted by Crippen LogP contribution is -2.46. The minimum Gasteiger partial charge on any atom is -0.356 e. The zero-order chi connectivity index (χ0) is 17.8. The van der Waals surface area contributed by atoms with E-state index >= 15 is 0 Å². The smallest absolute Gasteiger partial charge is 0.225 e.